The van der Waals surface area contributed by atoms with Gasteiger partial charge >= 0.3 is 0 Å². The minimum Gasteiger partial charge on any atom is -0.351 e. The molecule has 0 saturated heterocycles. The van der Waals surface area contributed by atoms with E-state index in [-0.39, 0.29) is 30.7 Å². The molecule has 1 aromatic heterocycles. The van der Waals surface area contributed by atoms with Gasteiger partial charge in [-0.3, -0.25) is 9.78 Å². The van der Waals surface area contributed by atoms with Crippen LogP contribution in [0.25, 0.3) is 0 Å². The predicted molar refractivity (Wildman–Crippen MR) is 79.1 cm³/mol. The first-order valence-corrected chi connectivity index (χ1v) is 5.58. The molecule has 1 rings (SSSR count). The Balaban J connectivity index is 0. The molecule has 1 amide bonds. The number of carbonyl (C=O) groups excluding carboxylic acids is 1. The Hall–Kier alpha value is -0.840. The first-order chi connectivity index (χ1) is 7.65. The third-order valence-electron chi connectivity index (χ3n) is 2.31. The molecule has 0 aliphatic rings. The summed E-state index contributed by atoms with van der Waals surface area (Å²) in [7, 11) is 0. The van der Waals surface area contributed by atoms with Crippen LogP contribution in [0.4, 0.5) is 0 Å². The van der Waals surface area contributed by atoms with Crippen molar-refractivity contribution in [3.05, 3.63) is 29.1 Å². The second-order valence-corrected chi connectivity index (χ2v) is 3.70. The van der Waals surface area contributed by atoms with E-state index in [2.05, 4.69) is 15.6 Å². The third kappa shape index (κ3) is 6.19. The Kier molecular flexibility index (Phi) is 11.0. The van der Waals surface area contributed by atoms with Gasteiger partial charge in [-0.2, -0.15) is 0 Å². The van der Waals surface area contributed by atoms with E-state index < -0.39 is 0 Å². The Morgan fingerprint density at radius 2 is 1.89 bits per heavy atom. The largest absolute Gasteiger partial charge is 0.351 e. The SMILES string of the molecule is CCNCCNC(=O)c1ccc(C)nc1C.Cl.Cl. The maximum atomic E-state index is 11.8. The molecule has 0 aromatic carbocycles. The quantitative estimate of drug-likeness (QED) is 0.815. The fourth-order valence-electron chi connectivity index (χ4n) is 1.46. The zero-order valence-electron chi connectivity index (χ0n) is 10.9. The van der Waals surface area contributed by atoms with E-state index in [1.54, 1.807) is 0 Å². The molecule has 0 bridgehead atoms. The molecule has 0 spiro atoms. The fraction of sp³-hybridized carbons (Fsp3) is 0.500. The van der Waals surface area contributed by atoms with Crippen LogP contribution in [0.1, 0.15) is 28.7 Å². The van der Waals surface area contributed by atoms with E-state index in [0.717, 1.165) is 24.5 Å². The van der Waals surface area contributed by atoms with Gasteiger partial charge in [0.05, 0.1) is 11.3 Å². The Morgan fingerprint density at radius 1 is 1.22 bits per heavy atom. The molecule has 0 aliphatic heterocycles. The molecule has 4 nitrogen and oxygen atoms in total. The van der Waals surface area contributed by atoms with Crippen molar-refractivity contribution in [1.82, 2.24) is 15.6 Å². The molecule has 104 valence electrons. The number of nitrogens with zero attached hydrogens (tertiary/aromatic N) is 1. The number of likely N-dealkylation sites (N-methyl/N-ethyl adjacent to an activating group) is 1. The Bertz CT molecular complexity index is 372. The lowest BCUT2D eigenvalue weighted by Crippen LogP contribution is -2.32. The normalized spacial score (nSPS) is 9.06. The molecular weight excluding hydrogens is 273 g/mol. The Morgan fingerprint density at radius 3 is 2.44 bits per heavy atom. The van der Waals surface area contributed by atoms with Gasteiger partial charge in [0.2, 0.25) is 0 Å². The molecule has 18 heavy (non-hydrogen) atoms. The number of hydrogen-bond donors (Lipinski definition) is 2. The molecular formula is C12H21Cl2N3O. The molecule has 2 N–H and O–H groups in total. The zero-order valence-corrected chi connectivity index (χ0v) is 12.6. The molecule has 0 aliphatic carbocycles. The topological polar surface area (TPSA) is 54.0 Å². The molecule has 0 fully saturated rings. The van der Waals surface area contributed by atoms with Gasteiger partial charge in [-0.05, 0) is 32.5 Å². The van der Waals surface area contributed by atoms with Crippen LogP contribution in [0.5, 0.6) is 0 Å². The summed E-state index contributed by atoms with van der Waals surface area (Å²) in [6.45, 7) is 8.16. The highest BCUT2D eigenvalue weighted by atomic mass is 35.5. The average Bonchev–Trinajstić information content (AvgIpc) is 2.24. The lowest BCUT2D eigenvalue weighted by molar-refractivity contribution is 0.0953. The van der Waals surface area contributed by atoms with E-state index >= 15 is 0 Å². The number of carbonyl (C=O) groups is 1. The van der Waals surface area contributed by atoms with E-state index in [1.165, 1.54) is 0 Å². The highest BCUT2D eigenvalue weighted by Gasteiger charge is 2.08. The fourth-order valence-corrected chi connectivity index (χ4v) is 1.46. The van der Waals surface area contributed by atoms with Gasteiger partial charge in [0.25, 0.3) is 5.91 Å². The number of aromatic nitrogens is 1. The summed E-state index contributed by atoms with van der Waals surface area (Å²) in [6.07, 6.45) is 0. The number of amides is 1. The summed E-state index contributed by atoms with van der Waals surface area (Å²) < 4.78 is 0. The van der Waals surface area contributed by atoms with Crippen molar-refractivity contribution in [2.75, 3.05) is 19.6 Å². The molecule has 6 heteroatoms. The summed E-state index contributed by atoms with van der Waals surface area (Å²) >= 11 is 0. The minimum atomic E-state index is -0.0529. The zero-order chi connectivity index (χ0) is 12.0. The molecule has 0 atom stereocenters. The standard InChI is InChI=1S/C12H19N3O.2ClH/c1-4-13-7-8-14-12(16)11-6-5-9(2)15-10(11)3;;/h5-6,13H,4,7-8H2,1-3H3,(H,14,16);2*1H. The van der Waals surface area contributed by atoms with Crippen molar-refractivity contribution >= 4 is 30.7 Å². The van der Waals surface area contributed by atoms with E-state index in [0.29, 0.717) is 12.1 Å². The van der Waals surface area contributed by atoms with Crippen molar-refractivity contribution < 1.29 is 4.79 Å². The average molecular weight is 294 g/mol. The van der Waals surface area contributed by atoms with Crippen molar-refractivity contribution in [3.63, 3.8) is 0 Å². The van der Waals surface area contributed by atoms with Gasteiger partial charge in [0.15, 0.2) is 0 Å². The lowest BCUT2D eigenvalue weighted by Gasteiger charge is -2.07. The van der Waals surface area contributed by atoms with Crippen molar-refractivity contribution in [2.45, 2.75) is 20.8 Å². The number of halogens is 2. The molecule has 1 aromatic rings. The van der Waals surface area contributed by atoms with Gasteiger partial charge < -0.3 is 10.6 Å². The van der Waals surface area contributed by atoms with Crippen LogP contribution in [-0.2, 0) is 0 Å². The van der Waals surface area contributed by atoms with Gasteiger partial charge in [0.1, 0.15) is 0 Å². The number of nitrogens with one attached hydrogen (secondary N) is 2. The third-order valence-corrected chi connectivity index (χ3v) is 2.31. The summed E-state index contributed by atoms with van der Waals surface area (Å²) in [4.78, 5) is 16.0. The Labute approximate surface area is 121 Å². The van der Waals surface area contributed by atoms with Gasteiger partial charge in [-0.1, -0.05) is 6.92 Å². The molecule has 1 heterocycles. The van der Waals surface area contributed by atoms with Gasteiger partial charge in [0, 0.05) is 18.8 Å². The molecule has 0 radical (unpaired) electrons. The monoisotopic (exact) mass is 293 g/mol. The smallest absolute Gasteiger partial charge is 0.253 e. The second-order valence-electron chi connectivity index (χ2n) is 3.70. The molecule has 0 unspecified atom stereocenters. The first-order valence-electron chi connectivity index (χ1n) is 5.58. The van der Waals surface area contributed by atoms with Crippen molar-refractivity contribution in [3.8, 4) is 0 Å². The van der Waals surface area contributed by atoms with Crippen LogP contribution in [0, 0.1) is 13.8 Å². The van der Waals surface area contributed by atoms with E-state index in [1.807, 2.05) is 32.9 Å². The van der Waals surface area contributed by atoms with Gasteiger partial charge in [-0.25, -0.2) is 0 Å². The van der Waals surface area contributed by atoms with Crippen LogP contribution in [-0.4, -0.2) is 30.5 Å². The minimum absolute atomic E-state index is 0. The first kappa shape index (κ1) is 19.5. The molecule has 0 saturated carbocycles. The predicted octanol–water partition coefficient (Wildman–Crippen LogP) is 1.88. The lowest BCUT2D eigenvalue weighted by atomic mass is 10.2. The number of pyridine rings is 1. The maximum Gasteiger partial charge on any atom is 0.253 e. The summed E-state index contributed by atoms with van der Waals surface area (Å²) in [5, 5.41) is 6.00. The van der Waals surface area contributed by atoms with Crippen LogP contribution in [0.3, 0.4) is 0 Å². The summed E-state index contributed by atoms with van der Waals surface area (Å²) in [5.74, 6) is -0.0529. The van der Waals surface area contributed by atoms with E-state index in [4.69, 9.17) is 0 Å². The van der Waals surface area contributed by atoms with Crippen LogP contribution >= 0.6 is 24.8 Å². The summed E-state index contributed by atoms with van der Waals surface area (Å²) in [6, 6.07) is 3.67. The number of rotatable bonds is 5. The number of hydrogen-bond acceptors (Lipinski definition) is 3. The van der Waals surface area contributed by atoms with E-state index in [9.17, 15) is 4.79 Å². The van der Waals surface area contributed by atoms with Crippen molar-refractivity contribution in [2.24, 2.45) is 0 Å². The summed E-state index contributed by atoms with van der Waals surface area (Å²) in [5.41, 5.74) is 2.37. The van der Waals surface area contributed by atoms with Gasteiger partial charge in [-0.15, -0.1) is 24.8 Å². The second kappa shape index (κ2) is 10.1. The highest BCUT2D eigenvalue weighted by Crippen LogP contribution is 2.05. The van der Waals surface area contributed by atoms with Crippen LogP contribution < -0.4 is 10.6 Å². The van der Waals surface area contributed by atoms with Crippen LogP contribution in [0.2, 0.25) is 0 Å². The van der Waals surface area contributed by atoms with Crippen molar-refractivity contribution in [1.29, 1.82) is 0 Å². The number of aryl methyl sites for hydroxylation is 2. The maximum absolute atomic E-state index is 11.8. The highest BCUT2D eigenvalue weighted by molar-refractivity contribution is 5.95. The van der Waals surface area contributed by atoms with Crippen LogP contribution in [0.15, 0.2) is 12.1 Å².